The first-order valence-electron chi connectivity index (χ1n) is 5.60. The molecule has 88 valence electrons. The Bertz CT molecular complexity index is 558. The molecular formula is C12H13N3OS. The lowest BCUT2D eigenvalue weighted by atomic mass is 10.3. The molecule has 0 saturated carbocycles. The van der Waals surface area contributed by atoms with Crippen molar-refractivity contribution >= 4 is 17.2 Å². The van der Waals surface area contributed by atoms with Crippen LogP contribution in [0.15, 0.2) is 24.5 Å². The number of amides is 1. The summed E-state index contributed by atoms with van der Waals surface area (Å²) in [5.74, 6) is 0.118. The quantitative estimate of drug-likeness (QED) is 0.813. The molecule has 1 aliphatic rings. The van der Waals surface area contributed by atoms with Crippen LogP contribution in [0.4, 0.5) is 0 Å². The third-order valence-corrected chi connectivity index (χ3v) is 3.86. The smallest absolute Gasteiger partial charge is 0.270 e. The maximum absolute atomic E-state index is 12.2. The van der Waals surface area contributed by atoms with Crippen LogP contribution < -0.4 is 0 Å². The lowest BCUT2D eigenvalue weighted by Gasteiger charge is -2.27. The van der Waals surface area contributed by atoms with Crippen LogP contribution in [0.3, 0.4) is 0 Å². The number of hydrogen-bond donors (Lipinski definition) is 0. The number of thiazole rings is 1. The van der Waals surface area contributed by atoms with Crippen LogP contribution in [0.2, 0.25) is 0 Å². The third-order valence-electron chi connectivity index (χ3n) is 2.96. The van der Waals surface area contributed by atoms with Crippen LogP contribution in [-0.2, 0) is 13.1 Å². The van der Waals surface area contributed by atoms with Crippen molar-refractivity contribution in [3.63, 3.8) is 0 Å². The topological polar surface area (TPSA) is 38.1 Å². The summed E-state index contributed by atoms with van der Waals surface area (Å²) in [5, 5.41) is 1.05. The Morgan fingerprint density at radius 3 is 3.12 bits per heavy atom. The SMILES string of the molecule is Cc1ncc(CN2CCn3cccc3C2=O)s1. The molecule has 0 aliphatic carbocycles. The molecule has 17 heavy (non-hydrogen) atoms. The Kier molecular flexibility index (Phi) is 2.48. The zero-order valence-electron chi connectivity index (χ0n) is 9.59. The molecule has 0 spiro atoms. The zero-order chi connectivity index (χ0) is 11.8. The lowest BCUT2D eigenvalue weighted by molar-refractivity contribution is 0.0693. The van der Waals surface area contributed by atoms with E-state index in [0.29, 0.717) is 6.54 Å². The maximum Gasteiger partial charge on any atom is 0.270 e. The number of aryl methyl sites for hydroxylation is 1. The van der Waals surface area contributed by atoms with E-state index in [0.717, 1.165) is 28.7 Å². The number of hydrogen-bond acceptors (Lipinski definition) is 3. The van der Waals surface area contributed by atoms with Crippen LogP contribution in [-0.4, -0.2) is 26.9 Å². The van der Waals surface area contributed by atoms with E-state index >= 15 is 0 Å². The molecule has 1 aliphatic heterocycles. The molecule has 0 fully saturated rings. The van der Waals surface area contributed by atoms with E-state index in [2.05, 4.69) is 4.98 Å². The van der Waals surface area contributed by atoms with Crippen molar-refractivity contribution in [2.24, 2.45) is 0 Å². The molecule has 1 amide bonds. The summed E-state index contributed by atoms with van der Waals surface area (Å²) >= 11 is 1.65. The van der Waals surface area contributed by atoms with Crippen molar-refractivity contribution in [2.75, 3.05) is 6.54 Å². The summed E-state index contributed by atoms with van der Waals surface area (Å²) in [6.45, 7) is 4.32. The Hall–Kier alpha value is -1.62. The standard InChI is InChI=1S/C12H13N3OS/c1-9-13-7-10(17-9)8-15-6-5-14-4-2-3-11(14)12(15)16/h2-4,7H,5-6,8H2,1H3. The monoisotopic (exact) mass is 247 g/mol. The van der Waals surface area contributed by atoms with Gasteiger partial charge in [0.1, 0.15) is 5.69 Å². The molecular weight excluding hydrogens is 234 g/mol. The van der Waals surface area contributed by atoms with Crippen LogP contribution >= 0.6 is 11.3 Å². The number of carbonyl (C=O) groups is 1. The highest BCUT2D eigenvalue weighted by Gasteiger charge is 2.24. The van der Waals surface area contributed by atoms with Crippen molar-refractivity contribution in [3.8, 4) is 0 Å². The first-order chi connectivity index (χ1) is 8.24. The summed E-state index contributed by atoms with van der Waals surface area (Å²) in [4.78, 5) is 19.4. The van der Waals surface area contributed by atoms with Crippen LogP contribution in [0.25, 0.3) is 0 Å². The number of fused-ring (bicyclic) bond motifs is 1. The predicted octanol–water partition coefficient (Wildman–Crippen LogP) is 1.91. The van der Waals surface area contributed by atoms with Crippen molar-refractivity contribution in [1.29, 1.82) is 0 Å². The summed E-state index contributed by atoms with van der Waals surface area (Å²) < 4.78 is 2.01. The number of nitrogens with zero attached hydrogens (tertiary/aromatic N) is 3. The molecule has 0 unspecified atom stereocenters. The molecule has 2 aromatic rings. The summed E-state index contributed by atoms with van der Waals surface area (Å²) in [6.07, 6.45) is 3.82. The molecule has 3 rings (SSSR count). The van der Waals surface area contributed by atoms with Gasteiger partial charge < -0.3 is 9.47 Å². The van der Waals surface area contributed by atoms with Gasteiger partial charge in [-0.2, -0.15) is 0 Å². The van der Waals surface area contributed by atoms with E-state index < -0.39 is 0 Å². The minimum Gasteiger partial charge on any atom is -0.342 e. The molecule has 0 atom stereocenters. The second-order valence-electron chi connectivity index (χ2n) is 4.16. The minimum absolute atomic E-state index is 0.118. The molecule has 3 heterocycles. The first-order valence-corrected chi connectivity index (χ1v) is 6.41. The Labute approximate surface area is 104 Å². The number of rotatable bonds is 2. The van der Waals surface area contributed by atoms with Gasteiger partial charge in [0.05, 0.1) is 11.6 Å². The molecule has 4 nitrogen and oxygen atoms in total. The van der Waals surface area contributed by atoms with Crippen molar-refractivity contribution in [2.45, 2.75) is 20.0 Å². The van der Waals surface area contributed by atoms with Gasteiger partial charge in [-0.25, -0.2) is 4.98 Å². The van der Waals surface area contributed by atoms with Crippen molar-refractivity contribution in [1.82, 2.24) is 14.5 Å². The predicted molar refractivity (Wildman–Crippen MR) is 66.0 cm³/mol. The van der Waals surface area contributed by atoms with Gasteiger partial charge in [0.2, 0.25) is 0 Å². The van der Waals surface area contributed by atoms with Gasteiger partial charge in [-0.15, -0.1) is 11.3 Å². The van der Waals surface area contributed by atoms with Gasteiger partial charge >= 0.3 is 0 Å². The van der Waals surface area contributed by atoms with E-state index in [4.69, 9.17) is 0 Å². The molecule has 2 aromatic heterocycles. The normalized spacial score (nSPS) is 15.1. The van der Waals surface area contributed by atoms with Crippen molar-refractivity contribution in [3.05, 3.63) is 40.1 Å². The molecule has 5 heteroatoms. The summed E-state index contributed by atoms with van der Waals surface area (Å²) in [7, 11) is 0. The second kappa shape index (κ2) is 4.00. The molecule has 0 saturated heterocycles. The maximum atomic E-state index is 12.2. The Morgan fingerprint density at radius 2 is 2.35 bits per heavy atom. The Morgan fingerprint density at radius 1 is 1.47 bits per heavy atom. The fraction of sp³-hybridized carbons (Fsp3) is 0.333. The van der Waals surface area contributed by atoms with E-state index in [-0.39, 0.29) is 5.91 Å². The summed E-state index contributed by atoms with van der Waals surface area (Å²) in [6, 6.07) is 3.81. The molecule has 0 radical (unpaired) electrons. The minimum atomic E-state index is 0.118. The second-order valence-corrected chi connectivity index (χ2v) is 5.48. The molecule has 0 aromatic carbocycles. The number of carbonyl (C=O) groups excluding carboxylic acids is 1. The Balaban J connectivity index is 1.80. The fourth-order valence-corrected chi connectivity index (χ4v) is 2.92. The highest BCUT2D eigenvalue weighted by atomic mass is 32.1. The zero-order valence-corrected chi connectivity index (χ0v) is 10.4. The van der Waals surface area contributed by atoms with Gasteiger partial charge in [-0.1, -0.05) is 0 Å². The van der Waals surface area contributed by atoms with E-state index in [1.807, 2.05) is 40.9 Å². The van der Waals surface area contributed by atoms with E-state index in [1.54, 1.807) is 11.3 Å². The number of aromatic nitrogens is 2. The average molecular weight is 247 g/mol. The van der Waals surface area contributed by atoms with Crippen LogP contribution in [0.1, 0.15) is 20.4 Å². The summed E-state index contributed by atoms with van der Waals surface area (Å²) in [5.41, 5.74) is 0.789. The van der Waals surface area contributed by atoms with Gasteiger partial charge in [-0.05, 0) is 19.1 Å². The molecule has 0 N–H and O–H groups in total. The van der Waals surface area contributed by atoms with Gasteiger partial charge in [0.15, 0.2) is 0 Å². The van der Waals surface area contributed by atoms with Gasteiger partial charge in [0.25, 0.3) is 5.91 Å². The molecule has 0 bridgehead atoms. The van der Waals surface area contributed by atoms with Gasteiger partial charge in [-0.3, -0.25) is 4.79 Å². The highest BCUT2D eigenvalue weighted by molar-refractivity contribution is 7.11. The largest absolute Gasteiger partial charge is 0.342 e. The first kappa shape index (κ1) is 10.5. The van der Waals surface area contributed by atoms with Crippen LogP contribution in [0.5, 0.6) is 0 Å². The van der Waals surface area contributed by atoms with Crippen LogP contribution in [0, 0.1) is 6.92 Å². The lowest BCUT2D eigenvalue weighted by Crippen LogP contribution is -2.39. The fourth-order valence-electron chi connectivity index (χ4n) is 2.11. The highest BCUT2D eigenvalue weighted by Crippen LogP contribution is 2.19. The third kappa shape index (κ3) is 1.86. The average Bonchev–Trinajstić information content (AvgIpc) is 2.92. The van der Waals surface area contributed by atoms with E-state index in [1.165, 1.54) is 0 Å². The van der Waals surface area contributed by atoms with Crippen molar-refractivity contribution < 1.29 is 4.79 Å². The van der Waals surface area contributed by atoms with Gasteiger partial charge in [0, 0.05) is 30.4 Å². The van der Waals surface area contributed by atoms with E-state index in [9.17, 15) is 4.79 Å².